The molecular formula is C17H19FN2O3S2. The van der Waals surface area contributed by atoms with Gasteiger partial charge in [-0.05, 0) is 48.9 Å². The fourth-order valence-corrected chi connectivity index (χ4v) is 5.43. The quantitative estimate of drug-likeness (QED) is 0.883. The van der Waals surface area contributed by atoms with Crippen molar-refractivity contribution in [1.82, 2.24) is 4.31 Å². The van der Waals surface area contributed by atoms with Gasteiger partial charge in [0.25, 0.3) is 10.0 Å². The number of carbonyl (C=O) groups is 1. The van der Waals surface area contributed by atoms with E-state index < -0.39 is 10.0 Å². The summed E-state index contributed by atoms with van der Waals surface area (Å²) in [7, 11) is -3.47. The number of benzene rings is 1. The molecule has 1 amide bonds. The molecule has 3 rings (SSSR count). The van der Waals surface area contributed by atoms with Crippen LogP contribution < -0.4 is 5.32 Å². The van der Waals surface area contributed by atoms with E-state index in [4.69, 9.17) is 0 Å². The van der Waals surface area contributed by atoms with Gasteiger partial charge in [-0.2, -0.15) is 4.31 Å². The van der Waals surface area contributed by atoms with Crippen molar-refractivity contribution in [2.24, 2.45) is 5.92 Å². The molecular weight excluding hydrogens is 363 g/mol. The minimum Gasteiger partial charge on any atom is -0.326 e. The van der Waals surface area contributed by atoms with Gasteiger partial charge in [-0.3, -0.25) is 4.79 Å². The van der Waals surface area contributed by atoms with E-state index in [1.54, 1.807) is 36.6 Å². The van der Waals surface area contributed by atoms with E-state index in [2.05, 4.69) is 5.32 Å². The summed E-state index contributed by atoms with van der Waals surface area (Å²) < 4.78 is 40.3. The molecule has 8 heteroatoms. The van der Waals surface area contributed by atoms with E-state index >= 15 is 0 Å². The van der Waals surface area contributed by atoms with Crippen LogP contribution in [0, 0.1) is 18.7 Å². The number of nitrogens with one attached hydrogen (secondary N) is 1. The summed E-state index contributed by atoms with van der Waals surface area (Å²) in [6.07, 6.45) is 0.898. The lowest BCUT2D eigenvalue weighted by molar-refractivity contribution is -0.120. The molecule has 1 aromatic heterocycles. The molecule has 0 bridgehead atoms. The van der Waals surface area contributed by atoms with Crippen molar-refractivity contribution < 1.29 is 17.6 Å². The van der Waals surface area contributed by atoms with Crippen LogP contribution in [0.25, 0.3) is 0 Å². The zero-order valence-electron chi connectivity index (χ0n) is 13.7. The normalized spacial score (nSPS) is 16.7. The van der Waals surface area contributed by atoms with Crippen LogP contribution in [-0.4, -0.2) is 31.7 Å². The van der Waals surface area contributed by atoms with Crippen molar-refractivity contribution in [1.29, 1.82) is 0 Å². The number of piperidine rings is 1. The zero-order chi connectivity index (χ0) is 18.0. The van der Waals surface area contributed by atoms with Gasteiger partial charge < -0.3 is 5.32 Å². The number of sulfonamides is 1. The largest absolute Gasteiger partial charge is 0.326 e. The third-order valence-corrected chi connectivity index (χ3v) is 7.62. The summed E-state index contributed by atoms with van der Waals surface area (Å²) in [6, 6.07) is 7.86. The van der Waals surface area contributed by atoms with Gasteiger partial charge in [0.05, 0.1) is 0 Å². The Morgan fingerprint density at radius 3 is 2.60 bits per heavy atom. The fourth-order valence-electron chi connectivity index (χ4n) is 2.81. The Kier molecular flexibility index (Phi) is 5.21. The average Bonchev–Trinajstić information content (AvgIpc) is 3.14. The second kappa shape index (κ2) is 7.23. The van der Waals surface area contributed by atoms with Crippen LogP contribution in [-0.2, 0) is 14.8 Å². The number of rotatable bonds is 4. The van der Waals surface area contributed by atoms with E-state index in [9.17, 15) is 17.6 Å². The zero-order valence-corrected chi connectivity index (χ0v) is 15.4. The molecule has 0 aliphatic carbocycles. The van der Waals surface area contributed by atoms with Gasteiger partial charge in [0, 0.05) is 24.7 Å². The van der Waals surface area contributed by atoms with Crippen LogP contribution in [0.4, 0.5) is 10.1 Å². The van der Waals surface area contributed by atoms with Gasteiger partial charge >= 0.3 is 0 Å². The number of aryl methyl sites for hydroxylation is 1. The summed E-state index contributed by atoms with van der Waals surface area (Å²) >= 11 is 1.19. The highest BCUT2D eigenvalue weighted by Gasteiger charge is 2.32. The van der Waals surface area contributed by atoms with E-state index in [0.29, 0.717) is 41.4 Å². The molecule has 1 saturated heterocycles. The third-order valence-electron chi connectivity index (χ3n) is 4.35. The van der Waals surface area contributed by atoms with Crippen LogP contribution in [0.2, 0.25) is 0 Å². The Morgan fingerprint density at radius 1 is 1.28 bits per heavy atom. The molecule has 2 aromatic rings. The Balaban J connectivity index is 1.60. The number of thiophene rings is 1. The molecule has 25 heavy (non-hydrogen) atoms. The Labute approximate surface area is 150 Å². The molecule has 1 aliphatic heterocycles. The maximum Gasteiger partial charge on any atom is 0.252 e. The first-order valence-electron chi connectivity index (χ1n) is 7.98. The molecule has 0 unspecified atom stereocenters. The highest BCUT2D eigenvalue weighted by atomic mass is 32.2. The van der Waals surface area contributed by atoms with Crippen LogP contribution in [0.5, 0.6) is 0 Å². The highest BCUT2D eigenvalue weighted by molar-refractivity contribution is 7.91. The Bertz CT molecular complexity index is 858. The molecule has 1 N–H and O–H groups in total. The maximum absolute atomic E-state index is 13.6. The highest BCUT2D eigenvalue weighted by Crippen LogP contribution is 2.27. The number of amides is 1. The average molecular weight is 382 g/mol. The van der Waals surface area contributed by atoms with Gasteiger partial charge in [-0.15, -0.1) is 11.3 Å². The van der Waals surface area contributed by atoms with Crippen LogP contribution in [0.3, 0.4) is 0 Å². The summed E-state index contributed by atoms with van der Waals surface area (Å²) in [6.45, 7) is 2.27. The molecule has 1 aliphatic rings. The standard InChI is InChI=1S/C17H19FN2O3S2/c1-12-4-5-14(11-15(12)18)19-17(21)13-6-8-20(9-7-13)25(22,23)16-3-2-10-24-16/h2-5,10-11,13H,6-9H2,1H3,(H,19,21). The van der Waals surface area contributed by atoms with E-state index in [1.807, 2.05) is 0 Å². The maximum atomic E-state index is 13.6. The lowest BCUT2D eigenvalue weighted by Crippen LogP contribution is -2.41. The third kappa shape index (κ3) is 3.91. The smallest absolute Gasteiger partial charge is 0.252 e. The number of carbonyl (C=O) groups excluding carboxylic acids is 1. The molecule has 0 atom stereocenters. The SMILES string of the molecule is Cc1ccc(NC(=O)C2CCN(S(=O)(=O)c3cccs3)CC2)cc1F. The van der Waals surface area contributed by atoms with Gasteiger partial charge in [0.15, 0.2) is 0 Å². The Morgan fingerprint density at radius 2 is 2.00 bits per heavy atom. The van der Waals surface area contributed by atoms with Crippen molar-refractivity contribution in [2.75, 3.05) is 18.4 Å². The van der Waals surface area contributed by atoms with E-state index in [1.165, 1.54) is 21.7 Å². The topological polar surface area (TPSA) is 66.5 Å². The minimum absolute atomic E-state index is 0.198. The molecule has 1 aromatic carbocycles. The molecule has 5 nitrogen and oxygen atoms in total. The molecule has 1 fully saturated rings. The monoisotopic (exact) mass is 382 g/mol. The lowest BCUT2D eigenvalue weighted by atomic mass is 9.97. The number of anilines is 1. The summed E-state index contributed by atoms with van der Waals surface area (Å²) in [5, 5.41) is 4.45. The predicted molar refractivity (Wildman–Crippen MR) is 95.6 cm³/mol. The van der Waals surface area contributed by atoms with Crippen LogP contribution in [0.15, 0.2) is 39.9 Å². The number of hydrogen-bond acceptors (Lipinski definition) is 4. The second-order valence-corrected chi connectivity index (χ2v) is 9.18. The molecule has 0 saturated carbocycles. The number of nitrogens with zero attached hydrogens (tertiary/aromatic N) is 1. The summed E-state index contributed by atoms with van der Waals surface area (Å²) in [5.41, 5.74) is 0.937. The van der Waals surface area contributed by atoms with Crippen molar-refractivity contribution in [3.8, 4) is 0 Å². The number of hydrogen-bond donors (Lipinski definition) is 1. The van der Waals surface area contributed by atoms with E-state index in [-0.39, 0.29) is 17.6 Å². The number of halogens is 1. The molecule has 0 spiro atoms. The van der Waals surface area contributed by atoms with Gasteiger partial charge in [0.1, 0.15) is 10.0 Å². The lowest BCUT2D eigenvalue weighted by Gasteiger charge is -2.30. The van der Waals surface area contributed by atoms with Crippen LogP contribution >= 0.6 is 11.3 Å². The first kappa shape index (κ1) is 18.0. The van der Waals surface area contributed by atoms with Gasteiger partial charge in [-0.1, -0.05) is 12.1 Å². The summed E-state index contributed by atoms with van der Waals surface area (Å²) in [4.78, 5) is 12.3. The molecule has 0 radical (unpaired) electrons. The fraction of sp³-hybridized carbons (Fsp3) is 0.353. The second-order valence-electron chi connectivity index (χ2n) is 6.06. The van der Waals surface area contributed by atoms with Crippen molar-refractivity contribution in [3.63, 3.8) is 0 Å². The molecule has 2 heterocycles. The molecule has 134 valence electrons. The Hall–Kier alpha value is -1.77. The van der Waals surface area contributed by atoms with Gasteiger partial charge in [0.2, 0.25) is 5.91 Å². The van der Waals surface area contributed by atoms with Crippen LogP contribution in [0.1, 0.15) is 18.4 Å². The minimum atomic E-state index is -3.47. The van der Waals surface area contributed by atoms with Crippen molar-refractivity contribution in [3.05, 3.63) is 47.1 Å². The first-order chi connectivity index (χ1) is 11.9. The predicted octanol–water partition coefficient (Wildman–Crippen LogP) is 3.24. The summed E-state index contributed by atoms with van der Waals surface area (Å²) in [5.74, 6) is -0.842. The van der Waals surface area contributed by atoms with Crippen molar-refractivity contribution >= 4 is 33.0 Å². The van der Waals surface area contributed by atoms with E-state index in [0.717, 1.165) is 0 Å². The van der Waals surface area contributed by atoms with Crippen molar-refractivity contribution in [2.45, 2.75) is 24.0 Å². The van der Waals surface area contributed by atoms with Gasteiger partial charge in [-0.25, -0.2) is 12.8 Å². The first-order valence-corrected chi connectivity index (χ1v) is 10.3.